The molecule has 0 radical (unpaired) electrons. The molecule has 1 aromatic carbocycles. The van der Waals surface area contributed by atoms with E-state index >= 15 is 0 Å². The molecule has 7 heteroatoms. The molecule has 0 unspecified atom stereocenters. The van der Waals surface area contributed by atoms with Crippen LogP contribution < -0.4 is 10.0 Å². The molecule has 0 spiro atoms. The largest absolute Gasteiger partial charge is 0.351 e. The van der Waals surface area contributed by atoms with Gasteiger partial charge in [0.1, 0.15) is 0 Å². The first-order chi connectivity index (χ1) is 10.9. The quantitative estimate of drug-likeness (QED) is 0.816. The molecule has 1 amide bonds. The highest BCUT2D eigenvalue weighted by molar-refractivity contribution is 7.89. The zero-order valence-corrected chi connectivity index (χ0v) is 14.5. The molecular formula is C16H25N3O3S. The first kappa shape index (κ1) is 17.9. The Morgan fingerprint density at radius 3 is 2.57 bits per heavy atom. The monoisotopic (exact) mass is 339 g/mol. The number of hydrogen-bond donors (Lipinski definition) is 2. The first-order valence-corrected chi connectivity index (χ1v) is 9.48. The summed E-state index contributed by atoms with van der Waals surface area (Å²) in [6.45, 7) is 4.76. The highest BCUT2D eigenvalue weighted by atomic mass is 32.2. The van der Waals surface area contributed by atoms with E-state index in [0.29, 0.717) is 18.2 Å². The molecule has 0 saturated carbocycles. The smallest absolute Gasteiger partial charge is 0.251 e. The van der Waals surface area contributed by atoms with Gasteiger partial charge in [-0.3, -0.25) is 9.69 Å². The molecule has 2 N–H and O–H groups in total. The van der Waals surface area contributed by atoms with Gasteiger partial charge < -0.3 is 5.32 Å². The van der Waals surface area contributed by atoms with Gasteiger partial charge in [0, 0.05) is 24.7 Å². The van der Waals surface area contributed by atoms with Gasteiger partial charge in [-0.15, -0.1) is 0 Å². The van der Waals surface area contributed by atoms with E-state index in [9.17, 15) is 13.2 Å². The van der Waals surface area contributed by atoms with Gasteiger partial charge >= 0.3 is 0 Å². The number of likely N-dealkylation sites (tertiary alicyclic amines) is 1. The van der Waals surface area contributed by atoms with Crippen LogP contribution in [-0.2, 0) is 10.0 Å². The maximum absolute atomic E-state index is 12.1. The number of benzene rings is 1. The lowest BCUT2D eigenvalue weighted by Crippen LogP contribution is -2.42. The van der Waals surface area contributed by atoms with Crippen LogP contribution >= 0.6 is 0 Å². The van der Waals surface area contributed by atoms with Gasteiger partial charge in [-0.2, -0.15) is 0 Å². The SMILES string of the molecule is CNS(=O)(=O)c1ccc(C(=O)NCCN2CCCC[C@H]2C)cc1. The van der Waals surface area contributed by atoms with E-state index in [1.54, 1.807) is 0 Å². The standard InChI is InChI=1S/C16H25N3O3S/c1-13-5-3-4-11-19(13)12-10-18-16(20)14-6-8-15(9-7-14)23(21,22)17-2/h6-9,13,17H,3-5,10-12H2,1-2H3,(H,18,20)/t13-/m1/s1. The summed E-state index contributed by atoms with van der Waals surface area (Å²) in [4.78, 5) is 14.7. The lowest BCUT2D eigenvalue weighted by molar-refractivity contribution is 0.0938. The minimum atomic E-state index is -3.47. The molecule has 1 heterocycles. The van der Waals surface area contributed by atoms with E-state index in [1.807, 2.05) is 0 Å². The molecule has 1 atom stereocenters. The lowest BCUT2D eigenvalue weighted by Gasteiger charge is -2.33. The summed E-state index contributed by atoms with van der Waals surface area (Å²) < 4.78 is 25.5. The molecule has 1 aromatic rings. The van der Waals surface area contributed by atoms with Crippen molar-refractivity contribution in [3.8, 4) is 0 Å². The summed E-state index contributed by atoms with van der Waals surface area (Å²) in [7, 11) is -2.11. The van der Waals surface area contributed by atoms with Gasteiger partial charge in [0.2, 0.25) is 10.0 Å². The van der Waals surface area contributed by atoms with Crippen LogP contribution in [0.3, 0.4) is 0 Å². The van der Waals surface area contributed by atoms with Crippen molar-refractivity contribution in [2.75, 3.05) is 26.7 Å². The number of carbonyl (C=O) groups excluding carboxylic acids is 1. The Morgan fingerprint density at radius 2 is 1.96 bits per heavy atom. The van der Waals surface area contributed by atoms with E-state index in [-0.39, 0.29) is 10.8 Å². The van der Waals surface area contributed by atoms with Crippen LogP contribution in [0.15, 0.2) is 29.2 Å². The summed E-state index contributed by atoms with van der Waals surface area (Å²) in [6, 6.07) is 6.51. The second-order valence-electron chi connectivity index (χ2n) is 5.87. The van der Waals surface area contributed by atoms with Crippen LogP contribution in [0.25, 0.3) is 0 Å². The van der Waals surface area contributed by atoms with Gasteiger partial charge in [-0.1, -0.05) is 6.42 Å². The molecule has 1 fully saturated rings. The average molecular weight is 339 g/mol. The number of amides is 1. The Bertz CT molecular complexity index is 628. The van der Waals surface area contributed by atoms with Crippen LogP contribution in [0.5, 0.6) is 0 Å². The Labute approximate surface area is 138 Å². The van der Waals surface area contributed by atoms with Gasteiger partial charge in [-0.05, 0) is 57.6 Å². The van der Waals surface area contributed by atoms with Crippen LogP contribution in [-0.4, -0.2) is 51.9 Å². The normalized spacial score (nSPS) is 19.5. The highest BCUT2D eigenvalue weighted by Gasteiger charge is 2.18. The van der Waals surface area contributed by atoms with E-state index < -0.39 is 10.0 Å². The Hall–Kier alpha value is -1.44. The fourth-order valence-corrected chi connectivity index (χ4v) is 3.54. The van der Waals surface area contributed by atoms with Crippen molar-refractivity contribution >= 4 is 15.9 Å². The molecule has 1 aliphatic heterocycles. The zero-order valence-electron chi connectivity index (χ0n) is 13.7. The molecule has 1 saturated heterocycles. The predicted octanol–water partition coefficient (Wildman–Crippen LogP) is 1.20. The first-order valence-electron chi connectivity index (χ1n) is 8.00. The van der Waals surface area contributed by atoms with Crippen molar-refractivity contribution in [1.29, 1.82) is 0 Å². The Kier molecular flexibility index (Phi) is 6.15. The summed E-state index contributed by atoms with van der Waals surface area (Å²) in [6.07, 6.45) is 3.72. The third kappa shape index (κ3) is 4.76. The number of sulfonamides is 1. The van der Waals surface area contributed by atoms with Gasteiger partial charge in [0.15, 0.2) is 0 Å². The molecule has 0 aliphatic carbocycles. The van der Waals surface area contributed by atoms with Gasteiger partial charge in [0.05, 0.1) is 4.90 Å². The predicted molar refractivity (Wildman–Crippen MR) is 89.9 cm³/mol. The second kappa shape index (κ2) is 7.90. The van der Waals surface area contributed by atoms with Crippen LogP contribution in [0, 0.1) is 0 Å². The number of nitrogens with zero attached hydrogens (tertiary/aromatic N) is 1. The number of piperidine rings is 1. The van der Waals surface area contributed by atoms with Crippen molar-refractivity contribution in [1.82, 2.24) is 14.9 Å². The fraction of sp³-hybridized carbons (Fsp3) is 0.562. The molecule has 2 rings (SSSR count). The van der Waals surface area contributed by atoms with Crippen LogP contribution in [0.1, 0.15) is 36.5 Å². The number of rotatable bonds is 6. The van der Waals surface area contributed by atoms with Crippen molar-refractivity contribution in [3.05, 3.63) is 29.8 Å². The third-order valence-electron chi connectivity index (χ3n) is 4.32. The Balaban J connectivity index is 1.86. The fourth-order valence-electron chi connectivity index (χ4n) is 2.81. The molecule has 0 bridgehead atoms. The van der Waals surface area contributed by atoms with Crippen molar-refractivity contribution in [2.24, 2.45) is 0 Å². The number of carbonyl (C=O) groups is 1. The van der Waals surface area contributed by atoms with Crippen LogP contribution in [0.4, 0.5) is 0 Å². The van der Waals surface area contributed by atoms with Crippen molar-refractivity contribution in [3.63, 3.8) is 0 Å². The summed E-state index contributed by atoms with van der Waals surface area (Å²) in [5, 5.41) is 2.89. The minimum absolute atomic E-state index is 0.152. The Morgan fingerprint density at radius 1 is 1.26 bits per heavy atom. The zero-order chi connectivity index (χ0) is 16.9. The molecule has 128 valence electrons. The maximum Gasteiger partial charge on any atom is 0.251 e. The molecule has 6 nitrogen and oxygen atoms in total. The van der Waals surface area contributed by atoms with E-state index in [4.69, 9.17) is 0 Å². The van der Waals surface area contributed by atoms with Crippen molar-refractivity contribution in [2.45, 2.75) is 37.1 Å². The van der Waals surface area contributed by atoms with Crippen LogP contribution in [0.2, 0.25) is 0 Å². The van der Waals surface area contributed by atoms with E-state index in [1.165, 1.54) is 50.6 Å². The highest BCUT2D eigenvalue weighted by Crippen LogP contribution is 2.15. The van der Waals surface area contributed by atoms with Gasteiger partial charge in [0.25, 0.3) is 5.91 Å². The second-order valence-corrected chi connectivity index (χ2v) is 7.76. The minimum Gasteiger partial charge on any atom is -0.351 e. The van der Waals surface area contributed by atoms with E-state index in [2.05, 4.69) is 21.9 Å². The van der Waals surface area contributed by atoms with Gasteiger partial charge in [-0.25, -0.2) is 13.1 Å². The topological polar surface area (TPSA) is 78.5 Å². The summed E-state index contributed by atoms with van der Waals surface area (Å²) >= 11 is 0. The summed E-state index contributed by atoms with van der Waals surface area (Å²) in [5.74, 6) is -0.178. The molecule has 23 heavy (non-hydrogen) atoms. The third-order valence-corrected chi connectivity index (χ3v) is 5.75. The molecule has 0 aromatic heterocycles. The van der Waals surface area contributed by atoms with E-state index in [0.717, 1.165) is 13.1 Å². The molecular weight excluding hydrogens is 314 g/mol. The lowest BCUT2D eigenvalue weighted by atomic mass is 10.0. The number of hydrogen-bond acceptors (Lipinski definition) is 4. The maximum atomic E-state index is 12.1. The number of nitrogens with one attached hydrogen (secondary N) is 2. The summed E-state index contributed by atoms with van der Waals surface area (Å²) in [5.41, 5.74) is 0.465. The van der Waals surface area contributed by atoms with Crippen molar-refractivity contribution < 1.29 is 13.2 Å². The molecule has 1 aliphatic rings. The average Bonchev–Trinajstić information content (AvgIpc) is 2.56.